The normalized spacial score (nSPS) is 18.1. The summed E-state index contributed by atoms with van der Waals surface area (Å²) in [6.07, 6.45) is 3.91. The van der Waals surface area contributed by atoms with Crippen LogP contribution in [-0.4, -0.2) is 53.8 Å². The Morgan fingerprint density at radius 3 is 2.64 bits per heavy atom. The largest absolute Gasteiger partial charge is 0.379 e. The molecular weight excluding hydrogens is 444 g/mol. The van der Waals surface area contributed by atoms with Gasteiger partial charge in [0.2, 0.25) is 10.0 Å². The Labute approximate surface area is 190 Å². The molecule has 0 radical (unpaired) electrons. The molecule has 1 unspecified atom stereocenters. The van der Waals surface area contributed by atoms with Gasteiger partial charge in [-0.05, 0) is 49.1 Å². The Balaban J connectivity index is 1.44. The number of rotatable bonds is 8. The molecule has 0 spiro atoms. The van der Waals surface area contributed by atoms with Gasteiger partial charge in [-0.1, -0.05) is 0 Å². The molecule has 2 N–H and O–H groups in total. The molecule has 1 aliphatic carbocycles. The van der Waals surface area contributed by atoms with Gasteiger partial charge in [0.1, 0.15) is 5.39 Å². The van der Waals surface area contributed by atoms with Crippen molar-refractivity contribution in [3.8, 4) is 6.07 Å². The summed E-state index contributed by atoms with van der Waals surface area (Å²) in [5, 5.41) is 17.5. The van der Waals surface area contributed by atoms with E-state index in [1.54, 1.807) is 36.2 Å². The van der Waals surface area contributed by atoms with Crippen molar-refractivity contribution in [2.75, 3.05) is 25.5 Å². The van der Waals surface area contributed by atoms with Crippen LogP contribution in [0.1, 0.15) is 25.3 Å². The molecule has 0 amide bonds. The summed E-state index contributed by atoms with van der Waals surface area (Å²) in [4.78, 5) is 15.5. The van der Waals surface area contributed by atoms with Gasteiger partial charge in [0.25, 0.3) is 5.56 Å². The summed E-state index contributed by atoms with van der Waals surface area (Å²) < 4.78 is 33.8. The Kier molecular flexibility index (Phi) is 5.44. The van der Waals surface area contributed by atoms with Crippen LogP contribution in [0, 0.1) is 17.2 Å². The van der Waals surface area contributed by atoms with Crippen LogP contribution < -0.4 is 10.9 Å². The number of pyridine rings is 1. The predicted molar refractivity (Wildman–Crippen MR) is 122 cm³/mol. The maximum absolute atomic E-state index is 12.7. The smallest absolute Gasteiger partial charge is 0.261 e. The summed E-state index contributed by atoms with van der Waals surface area (Å²) in [6, 6.07) is 10.3. The lowest BCUT2D eigenvalue weighted by molar-refractivity contribution is 0.0125. The van der Waals surface area contributed by atoms with Crippen molar-refractivity contribution in [3.05, 3.63) is 46.9 Å². The number of nitriles is 1. The van der Waals surface area contributed by atoms with Crippen molar-refractivity contribution in [2.45, 2.75) is 36.3 Å². The first kappa shape index (κ1) is 21.6. The third-order valence-electron chi connectivity index (χ3n) is 6.31. The minimum absolute atomic E-state index is 0.0669. The molecular formula is C22H24N6O4S. The van der Waals surface area contributed by atoms with E-state index < -0.39 is 10.0 Å². The van der Waals surface area contributed by atoms with Crippen LogP contribution in [0.2, 0.25) is 0 Å². The molecule has 2 fully saturated rings. The molecule has 2 aliphatic rings. The second-order valence-electron chi connectivity index (χ2n) is 8.46. The molecule has 33 heavy (non-hydrogen) atoms. The highest BCUT2D eigenvalue weighted by Crippen LogP contribution is 2.43. The number of anilines is 2. The third-order valence-corrected chi connectivity index (χ3v) is 8.16. The topological polar surface area (TPSA) is 133 Å². The molecule has 0 bridgehead atoms. The molecule has 1 atom stereocenters. The van der Waals surface area contributed by atoms with Crippen molar-refractivity contribution in [1.82, 2.24) is 19.1 Å². The number of aromatic nitrogens is 3. The van der Waals surface area contributed by atoms with Gasteiger partial charge in [-0.15, -0.1) is 0 Å². The average Bonchev–Trinajstić information content (AvgIpc) is 3.54. The first-order chi connectivity index (χ1) is 15.9. The molecule has 11 heteroatoms. The lowest BCUT2D eigenvalue weighted by Gasteiger charge is -2.36. The van der Waals surface area contributed by atoms with E-state index in [4.69, 9.17) is 4.74 Å². The van der Waals surface area contributed by atoms with Crippen molar-refractivity contribution >= 4 is 32.4 Å². The van der Waals surface area contributed by atoms with E-state index in [1.165, 1.54) is 16.4 Å². The number of H-pyrrole nitrogens is 1. The van der Waals surface area contributed by atoms with E-state index in [-0.39, 0.29) is 22.6 Å². The summed E-state index contributed by atoms with van der Waals surface area (Å²) in [7, 11) is -2.00. The number of fused-ring (bicyclic) bond motifs is 1. The monoisotopic (exact) mass is 468 g/mol. The standard InChI is InChI=1S/C22H24N6O4S/c1-32-16-12-27(13-16)33(30,31)17-6-4-15(5-7-17)25-21-20-19(9-11-24-22(20)29)28(26-21)18(8-10-23)14-2-3-14/h4-7,9,11,14,16,18H,2-3,8,12-13H2,1H3,(H,24,29)(H,25,26). The number of methoxy groups -OCH3 is 1. The van der Waals surface area contributed by atoms with Gasteiger partial charge < -0.3 is 15.0 Å². The van der Waals surface area contributed by atoms with Crippen LogP contribution in [0.15, 0.2) is 46.2 Å². The van der Waals surface area contributed by atoms with Crippen LogP contribution in [0.4, 0.5) is 11.5 Å². The van der Waals surface area contributed by atoms with Crippen molar-refractivity contribution in [3.63, 3.8) is 0 Å². The zero-order chi connectivity index (χ0) is 23.2. The van der Waals surface area contributed by atoms with Crippen molar-refractivity contribution in [1.29, 1.82) is 5.26 Å². The summed E-state index contributed by atoms with van der Waals surface area (Å²) >= 11 is 0. The van der Waals surface area contributed by atoms with Crippen molar-refractivity contribution < 1.29 is 13.2 Å². The van der Waals surface area contributed by atoms with Gasteiger partial charge in [-0.3, -0.25) is 9.48 Å². The van der Waals surface area contributed by atoms with Gasteiger partial charge in [-0.25, -0.2) is 8.42 Å². The number of aromatic amines is 1. The zero-order valence-electron chi connectivity index (χ0n) is 18.1. The molecule has 10 nitrogen and oxygen atoms in total. The highest BCUT2D eigenvalue weighted by Gasteiger charge is 2.37. The summed E-state index contributed by atoms with van der Waals surface area (Å²) in [6.45, 7) is 0.686. The second kappa shape index (κ2) is 8.30. The van der Waals surface area contributed by atoms with E-state index in [0.717, 1.165) is 12.8 Å². The van der Waals surface area contributed by atoms with Gasteiger partial charge in [0.15, 0.2) is 5.82 Å². The van der Waals surface area contributed by atoms with E-state index in [9.17, 15) is 18.5 Å². The number of ether oxygens (including phenoxy) is 1. The van der Waals surface area contributed by atoms with Crippen LogP contribution in [0.25, 0.3) is 10.9 Å². The number of hydrogen-bond acceptors (Lipinski definition) is 7. The van der Waals surface area contributed by atoms with Gasteiger partial charge in [0, 0.05) is 32.1 Å². The van der Waals surface area contributed by atoms with E-state index in [2.05, 4.69) is 21.5 Å². The zero-order valence-corrected chi connectivity index (χ0v) is 18.9. The highest BCUT2D eigenvalue weighted by atomic mass is 32.2. The third kappa shape index (κ3) is 3.90. The number of sulfonamides is 1. The molecule has 172 valence electrons. The highest BCUT2D eigenvalue weighted by molar-refractivity contribution is 7.89. The first-order valence-corrected chi connectivity index (χ1v) is 12.2. The summed E-state index contributed by atoms with van der Waals surface area (Å²) in [5.41, 5.74) is 0.987. The Hall–Kier alpha value is -3.20. The number of benzene rings is 1. The van der Waals surface area contributed by atoms with Gasteiger partial charge in [0.05, 0.1) is 35.0 Å². The lowest BCUT2D eigenvalue weighted by Crippen LogP contribution is -2.54. The fourth-order valence-electron chi connectivity index (χ4n) is 4.21. The molecule has 1 saturated heterocycles. The minimum Gasteiger partial charge on any atom is -0.379 e. The minimum atomic E-state index is -3.57. The van der Waals surface area contributed by atoms with Crippen LogP contribution in [0.3, 0.4) is 0 Å². The average molecular weight is 469 g/mol. The van der Waals surface area contributed by atoms with Crippen LogP contribution in [-0.2, 0) is 14.8 Å². The number of nitrogens with zero attached hydrogens (tertiary/aromatic N) is 4. The Morgan fingerprint density at radius 1 is 1.27 bits per heavy atom. The number of hydrogen-bond donors (Lipinski definition) is 2. The van der Waals surface area contributed by atoms with Crippen LogP contribution >= 0.6 is 0 Å². The fourth-order valence-corrected chi connectivity index (χ4v) is 5.71. The molecule has 1 saturated carbocycles. The quantitative estimate of drug-likeness (QED) is 0.518. The first-order valence-electron chi connectivity index (χ1n) is 10.8. The van der Waals surface area contributed by atoms with E-state index >= 15 is 0 Å². The molecule has 3 aromatic rings. The summed E-state index contributed by atoms with van der Waals surface area (Å²) in [5.74, 6) is 0.750. The molecule has 3 heterocycles. The second-order valence-corrected chi connectivity index (χ2v) is 10.4. The van der Waals surface area contributed by atoms with Gasteiger partial charge in [-0.2, -0.15) is 14.7 Å². The molecule has 1 aliphatic heterocycles. The molecule has 1 aromatic carbocycles. The maximum Gasteiger partial charge on any atom is 0.261 e. The van der Waals surface area contributed by atoms with Crippen molar-refractivity contribution in [2.24, 2.45) is 5.92 Å². The Morgan fingerprint density at radius 2 is 2.00 bits per heavy atom. The number of nitrogens with one attached hydrogen (secondary N) is 2. The van der Waals surface area contributed by atoms with E-state index in [0.29, 0.717) is 47.8 Å². The fraction of sp³-hybridized carbons (Fsp3) is 0.409. The van der Waals surface area contributed by atoms with Crippen LogP contribution in [0.5, 0.6) is 0 Å². The molecule has 2 aromatic heterocycles. The van der Waals surface area contributed by atoms with Gasteiger partial charge >= 0.3 is 0 Å². The molecule has 5 rings (SSSR count). The van der Waals surface area contributed by atoms with E-state index in [1.807, 2.05) is 0 Å². The maximum atomic E-state index is 12.7. The SMILES string of the molecule is COC1CN(S(=O)(=O)c2ccc(Nc3nn(C(CC#N)C4CC4)c4cc[nH]c(=O)c34)cc2)C1. The Bertz CT molecular complexity index is 1380. The predicted octanol–water partition coefficient (Wildman–Crippen LogP) is 2.35. The lowest BCUT2D eigenvalue weighted by atomic mass is 10.1.